The van der Waals surface area contributed by atoms with Crippen molar-refractivity contribution < 1.29 is 4.79 Å². The van der Waals surface area contributed by atoms with Gasteiger partial charge in [0.25, 0.3) is 5.91 Å². The molecule has 4 nitrogen and oxygen atoms in total. The van der Waals surface area contributed by atoms with Gasteiger partial charge in [-0.3, -0.25) is 4.79 Å². The van der Waals surface area contributed by atoms with Crippen LogP contribution in [0.5, 0.6) is 0 Å². The smallest absolute Gasteiger partial charge is 0.253 e. The van der Waals surface area contributed by atoms with Crippen molar-refractivity contribution >= 4 is 11.6 Å². The first-order valence-electron chi connectivity index (χ1n) is 10.2. The van der Waals surface area contributed by atoms with Crippen LogP contribution in [0.1, 0.15) is 53.1 Å². The number of hydrogen-bond acceptors (Lipinski definition) is 3. The zero-order chi connectivity index (χ0) is 18.6. The summed E-state index contributed by atoms with van der Waals surface area (Å²) in [7, 11) is 0. The van der Waals surface area contributed by atoms with E-state index in [1.54, 1.807) is 0 Å². The minimum atomic E-state index is 0.171. The third-order valence-corrected chi connectivity index (χ3v) is 6.00. The maximum Gasteiger partial charge on any atom is 0.253 e. The Morgan fingerprint density at radius 3 is 2.44 bits per heavy atom. The van der Waals surface area contributed by atoms with Crippen molar-refractivity contribution in [3.63, 3.8) is 0 Å². The molecule has 2 aromatic carbocycles. The first-order valence-corrected chi connectivity index (χ1v) is 10.2. The van der Waals surface area contributed by atoms with E-state index in [-0.39, 0.29) is 5.91 Å². The second-order valence-corrected chi connectivity index (χ2v) is 7.76. The number of rotatable bonds is 4. The molecular weight excluding hydrogens is 334 g/mol. The highest BCUT2D eigenvalue weighted by atomic mass is 16.2. The van der Waals surface area contributed by atoms with E-state index in [1.165, 1.54) is 29.7 Å². The molecule has 2 N–H and O–H groups in total. The highest BCUT2D eigenvalue weighted by Crippen LogP contribution is 2.30. The predicted molar refractivity (Wildman–Crippen MR) is 110 cm³/mol. The summed E-state index contributed by atoms with van der Waals surface area (Å²) in [6.45, 7) is 4.43. The van der Waals surface area contributed by atoms with Crippen LogP contribution in [0.4, 0.5) is 5.69 Å². The van der Waals surface area contributed by atoms with E-state index >= 15 is 0 Å². The molecule has 2 aliphatic heterocycles. The fraction of sp³-hybridized carbons (Fsp3) is 0.435. The lowest BCUT2D eigenvalue weighted by Crippen LogP contribution is -2.38. The van der Waals surface area contributed by atoms with Gasteiger partial charge < -0.3 is 15.5 Å². The van der Waals surface area contributed by atoms with Gasteiger partial charge in [0, 0.05) is 44.0 Å². The van der Waals surface area contributed by atoms with Crippen LogP contribution in [-0.4, -0.2) is 37.0 Å². The van der Waals surface area contributed by atoms with Gasteiger partial charge in [-0.1, -0.05) is 30.3 Å². The molecule has 2 heterocycles. The van der Waals surface area contributed by atoms with Crippen LogP contribution in [0.25, 0.3) is 0 Å². The molecule has 0 aromatic heterocycles. The van der Waals surface area contributed by atoms with Crippen molar-refractivity contribution in [3.8, 4) is 0 Å². The third-order valence-electron chi connectivity index (χ3n) is 6.00. The lowest BCUT2D eigenvalue weighted by atomic mass is 9.88. The van der Waals surface area contributed by atoms with Gasteiger partial charge in [-0.25, -0.2) is 0 Å². The fourth-order valence-electron chi connectivity index (χ4n) is 4.38. The number of likely N-dealkylation sites (tertiary alicyclic amines) is 1. The molecule has 0 aliphatic carbocycles. The summed E-state index contributed by atoms with van der Waals surface area (Å²) in [5, 5.41) is 0. The first kappa shape index (κ1) is 18.1. The first-order chi connectivity index (χ1) is 13.2. The van der Waals surface area contributed by atoms with Gasteiger partial charge in [0.15, 0.2) is 0 Å². The van der Waals surface area contributed by atoms with Gasteiger partial charge in [0.05, 0.1) is 0 Å². The number of amides is 1. The Labute approximate surface area is 162 Å². The Bertz CT molecular complexity index is 790. The molecule has 2 aliphatic rings. The number of nitrogens with two attached hydrogens (primary N) is 1. The molecule has 0 radical (unpaired) electrons. The number of carbonyl (C=O) groups excluding carboxylic acids is 1. The van der Waals surface area contributed by atoms with Crippen molar-refractivity contribution in [2.45, 2.75) is 38.1 Å². The molecule has 4 heteroatoms. The van der Waals surface area contributed by atoms with Gasteiger partial charge in [-0.2, -0.15) is 0 Å². The average molecular weight is 364 g/mol. The Morgan fingerprint density at radius 2 is 1.70 bits per heavy atom. The van der Waals surface area contributed by atoms with Gasteiger partial charge >= 0.3 is 0 Å². The van der Waals surface area contributed by atoms with Crippen LogP contribution in [-0.2, 0) is 6.54 Å². The summed E-state index contributed by atoms with van der Waals surface area (Å²) in [6.07, 6.45) is 4.53. The summed E-state index contributed by atoms with van der Waals surface area (Å²) in [6, 6.07) is 16.8. The monoisotopic (exact) mass is 363 g/mol. The molecule has 2 fully saturated rings. The van der Waals surface area contributed by atoms with E-state index in [2.05, 4.69) is 41.3 Å². The molecule has 0 atom stereocenters. The van der Waals surface area contributed by atoms with Crippen molar-refractivity contribution in [3.05, 3.63) is 65.2 Å². The van der Waals surface area contributed by atoms with Crippen LogP contribution in [0.2, 0.25) is 0 Å². The number of anilines is 1. The zero-order valence-corrected chi connectivity index (χ0v) is 15.9. The quantitative estimate of drug-likeness (QED) is 0.900. The lowest BCUT2D eigenvalue weighted by molar-refractivity contribution is 0.0713. The fourth-order valence-corrected chi connectivity index (χ4v) is 4.38. The summed E-state index contributed by atoms with van der Waals surface area (Å²) in [4.78, 5) is 17.4. The Hall–Kier alpha value is -2.33. The minimum absolute atomic E-state index is 0.171. The number of benzene rings is 2. The Kier molecular flexibility index (Phi) is 5.44. The van der Waals surface area contributed by atoms with E-state index in [0.29, 0.717) is 12.5 Å². The summed E-state index contributed by atoms with van der Waals surface area (Å²) in [5.74, 6) is 0.696. The molecule has 27 heavy (non-hydrogen) atoms. The highest BCUT2D eigenvalue weighted by molar-refractivity contribution is 5.95. The zero-order valence-electron chi connectivity index (χ0n) is 15.9. The minimum Gasteiger partial charge on any atom is -0.372 e. The van der Waals surface area contributed by atoms with Gasteiger partial charge in [-0.05, 0) is 60.9 Å². The summed E-state index contributed by atoms with van der Waals surface area (Å²) >= 11 is 0. The maximum atomic E-state index is 13.0. The molecule has 4 rings (SSSR count). The molecule has 0 saturated carbocycles. The molecule has 0 spiro atoms. The van der Waals surface area contributed by atoms with Crippen molar-refractivity contribution in [2.24, 2.45) is 5.73 Å². The number of nitrogens with zero attached hydrogens (tertiary/aromatic N) is 2. The SMILES string of the molecule is NCc1cccc(C2CCN(C(=O)c3cccc(N4CCCC4)c3)CC2)c1. The normalized spacial score (nSPS) is 18.1. The molecule has 2 aromatic rings. The van der Waals surface area contributed by atoms with Gasteiger partial charge in [0.2, 0.25) is 0 Å². The van der Waals surface area contributed by atoms with E-state index in [0.717, 1.165) is 44.6 Å². The van der Waals surface area contributed by atoms with E-state index in [9.17, 15) is 4.79 Å². The van der Waals surface area contributed by atoms with Crippen molar-refractivity contribution in [1.82, 2.24) is 4.90 Å². The van der Waals surface area contributed by atoms with Crippen LogP contribution >= 0.6 is 0 Å². The lowest BCUT2D eigenvalue weighted by Gasteiger charge is -2.32. The van der Waals surface area contributed by atoms with Crippen LogP contribution < -0.4 is 10.6 Å². The van der Waals surface area contributed by atoms with Crippen LogP contribution in [0, 0.1) is 0 Å². The molecule has 2 saturated heterocycles. The van der Waals surface area contributed by atoms with Crippen molar-refractivity contribution in [1.29, 1.82) is 0 Å². The Morgan fingerprint density at radius 1 is 0.963 bits per heavy atom. The third kappa shape index (κ3) is 4.01. The van der Waals surface area contributed by atoms with Crippen molar-refractivity contribution in [2.75, 3.05) is 31.1 Å². The second-order valence-electron chi connectivity index (χ2n) is 7.76. The highest BCUT2D eigenvalue weighted by Gasteiger charge is 2.25. The van der Waals surface area contributed by atoms with E-state index in [1.807, 2.05) is 17.0 Å². The molecular formula is C23H29N3O. The van der Waals surface area contributed by atoms with Gasteiger partial charge in [-0.15, -0.1) is 0 Å². The molecule has 0 unspecified atom stereocenters. The second kappa shape index (κ2) is 8.13. The molecule has 1 amide bonds. The number of carbonyl (C=O) groups is 1. The standard InChI is InChI=1S/C23H29N3O/c24-17-18-5-3-6-20(15-18)19-9-13-26(14-10-19)23(27)21-7-4-8-22(16-21)25-11-1-2-12-25/h3-8,15-16,19H,1-2,9-14,17,24H2. The molecule has 0 bridgehead atoms. The predicted octanol–water partition coefficient (Wildman–Crippen LogP) is 3.77. The maximum absolute atomic E-state index is 13.0. The Balaban J connectivity index is 1.40. The van der Waals surface area contributed by atoms with E-state index in [4.69, 9.17) is 5.73 Å². The molecule has 142 valence electrons. The van der Waals surface area contributed by atoms with Crippen LogP contribution in [0.15, 0.2) is 48.5 Å². The summed E-state index contributed by atoms with van der Waals surface area (Å²) < 4.78 is 0. The topological polar surface area (TPSA) is 49.6 Å². The largest absolute Gasteiger partial charge is 0.372 e. The number of piperidine rings is 1. The van der Waals surface area contributed by atoms with E-state index < -0.39 is 0 Å². The van der Waals surface area contributed by atoms with Gasteiger partial charge in [0.1, 0.15) is 0 Å². The summed E-state index contributed by atoms with van der Waals surface area (Å²) in [5.41, 5.74) is 10.3. The average Bonchev–Trinajstić information content (AvgIpc) is 3.28. The van der Waals surface area contributed by atoms with Crippen LogP contribution in [0.3, 0.4) is 0 Å². The number of hydrogen-bond donors (Lipinski definition) is 1.